The molecule has 0 aliphatic carbocycles. The molecule has 88 valence electrons. The molecule has 0 bridgehead atoms. The predicted molar refractivity (Wildman–Crippen MR) is 57.9 cm³/mol. The van der Waals surface area contributed by atoms with E-state index in [2.05, 4.69) is 10.3 Å². The highest BCUT2D eigenvalue weighted by molar-refractivity contribution is 7.91. The van der Waals surface area contributed by atoms with Gasteiger partial charge in [0.1, 0.15) is 11.5 Å². The summed E-state index contributed by atoms with van der Waals surface area (Å²) in [6, 6.07) is 0. The maximum absolute atomic E-state index is 11.7. The number of aromatic nitrogens is 1. The maximum Gasteiger partial charge on any atom is 0.199 e. The van der Waals surface area contributed by atoms with Gasteiger partial charge in [-0.25, -0.2) is 13.4 Å². The van der Waals surface area contributed by atoms with Gasteiger partial charge in [0.15, 0.2) is 15.7 Å². The summed E-state index contributed by atoms with van der Waals surface area (Å²) in [5.41, 5.74) is 0.597. The van der Waals surface area contributed by atoms with Crippen LogP contribution in [0.5, 0.6) is 0 Å². The smallest absolute Gasteiger partial charge is 0.199 e. The normalized spacial score (nSPS) is 29.1. The summed E-state index contributed by atoms with van der Waals surface area (Å²) in [6.07, 6.45) is 2.93. The minimum Gasteiger partial charge on any atom is -0.448 e. The Labute approximate surface area is 94.2 Å². The SMILES string of the molecule is O=S1(=O)CCCC1c1coc(C2CNC2)n1. The van der Waals surface area contributed by atoms with E-state index in [9.17, 15) is 8.42 Å². The fraction of sp³-hybridized carbons (Fsp3) is 0.700. The molecule has 1 N–H and O–H groups in total. The summed E-state index contributed by atoms with van der Waals surface area (Å²) in [4.78, 5) is 4.32. The second-order valence-electron chi connectivity index (χ2n) is 4.46. The molecule has 6 heteroatoms. The zero-order valence-corrected chi connectivity index (χ0v) is 9.66. The molecule has 0 spiro atoms. The van der Waals surface area contributed by atoms with Gasteiger partial charge in [-0.1, -0.05) is 0 Å². The number of hydrogen-bond donors (Lipinski definition) is 1. The van der Waals surface area contributed by atoms with Gasteiger partial charge < -0.3 is 9.73 Å². The van der Waals surface area contributed by atoms with Gasteiger partial charge in [-0.2, -0.15) is 0 Å². The first-order valence-corrected chi connectivity index (χ1v) is 7.26. The number of oxazole rings is 1. The van der Waals surface area contributed by atoms with Crippen LogP contribution in [0.15, 0.2) is 10.7 Å². The molecule has 5 nitrogen and oxygen atoms in total. The number of nitrogens with one attached hydrogen (secondary N) is 1. The van der Waals surface area contributed by atoms with Gasteiger partial charge in [-0.05, 0) is 12.8 Å². The van der Waals surface area contributed by atoms with Crippen LogP contribution in [0.25, 0.3) is 0 Å². The molecule has 2 aliphatic heterocycles. The predicted octanol–water partition coefficient (Wildman–Crippen LogP) is 0.611. The van der Waals surface area contributed by atoms with E-state index in [1.165, 1.54) is 6.26 Å². The van der Waals surface area contributed by atoms with Gasteiger partial charge in [0.2, 0.25) is 0 Å². The van der Waals surface area contributed by atoms with Gasteiger partial charge in [0, 0.05) is 13.1 Å². The Balaban J connectivity index is 1.86. The third-order valence-electron chi connectivity index (χ3n) is 3.33. The number of sulfone groups is 1. The minimum absolute atomic E-state index is 0.283. The van der Waals surface area contributed by atoms with Crippen molar-refractivity contribution in [1.29, 1.82) is 0 Å². The van der Waals surface area contributed by atoms with Crippen molar-refractivity contribution in [2.75, 3.05) is 18.8 Å². The third kappa shape index (κ3) is 1.56. The lowest BCUT2D eigenvalue weighted by Crippen LogP contribution is -2.40. The molecule has 0 radical (unpaired) electrons. The van der Waals surface area contributed by atoms with E-state index in [0.29, 0.717) is 23.9 Å². The van der Waals surface area contributed by atoms with Crippen molar-refractivity contribution in [1.82, 2.24) is 10.3 Å². The van der Waals surface area contributed by atoms with E-state index in [0.717, 1.165) is 19.5 Å². The van der Waals surface area contributed by atoms with Crippen LogP contribution in [0.2, 0.25) is 0 Å². The number of hydrogen-bond acceptors (Lipinski definition) is 5. The van der Waals surface area contributed by atoms with Crippen LogP contribution >= 0.6 is 0 Å². The zero-order valence-electron chi connectivity index (χ0n) is 8.85. The van der Waals surface area contributed by atoms with E-state index >= 15 is 0 Å². The van der Waals surface area contributed by atoms with Crippen molar-refractivity contribution in [3.8, 4) is 0 Å². The molecule has 0 aromatic carbocycles. The van der Waals surface area contributed by atoms with Crippen molar-refractivity contribution >= 4 is 9.84 Å². The molecule has 3 heterocycles. The summed E-state index contributed by atoms with van der Waals surface area (Å²) in [5.74, 6) is 1.28. The van der Waals surface area contributed by atoms with Crippen molar-refractivity contribution < 1.29 is 12.8 Å². The van der Waals surface area contributed by atoms with E-state index in [1.807, 2.05) is 0 Å². The topological polar surface area (TPSA) is 72.2 Å². The Morgan fingerprint density at radius 1 is 1.44 bits per heavy atom. The fourth-order valence-electron chi connectivity index (χ4n) is 2.22. The lowest BCUT2D eigenvalue weighted by atomic mass is 10.0. The molecular weight excluding hydrogens is 228 g/mol. The molecule has 1 aromatic heterocycles. The van der Waals surface area contributed by atoms with Crippen molar-refractivity contribution in [3.05, 3.63) is 17.8 Å². The van der Waals surface area contributed by atoms with Crippen molar-refractivity contribution in [2.24, 2.45) is 0 Å². The van der Waals surface area contributed by atoms with Crippen molar-refractivity contribution in [2.45, 2.75) is 24.0 Å². The molecule has 0 amide bonds. The van der Waals surface area contributed by atoms with Crippen LogP contribution in [0, 0.1) is 0 Å². The van der Waals surface area contributed by atoms with Gasteiger partial charge >= 0.3 is 0 Å². The maximum atomic E-state index is 11.7. The second kappa shape index (κ2) is 3.56. The Morgan fingerprint density at radius 2 is 2.25 bits per heavy atom. The standard InChI is InChI=1S/C10H14N2O3S/c13-16(14)3-1-2-9(16)8-6-15-10(12-8)7-4-11-5-7/h6-7,9,11H,1-5H2. The quantitative estimate of drug-likeness (QED) is 0.822. The first-order valence-electron chi connectivity index (χ1n) is 5.54. The first-order chi connectivity index (χ1) is 7.67. The molecular formula is C10H14N2O3S. The zero-order chi connectivity index (χ0) is 11.2. The van der Waals surface area contributed by atoms with Gasteiger partial charge in [0.25, 0.3) is 0 Å². The number of rotatable bonds is 2. The average molecular weight is 242 g/mol. The molecule has 3 rings (SSSR count). The summed E-state index contributed by atoms with van der Waals surface area (Å²) in [6.45, 7) is 1.74. The van der Waals surface area contributed by atoms with E-state index < -0.39 is 15.1 Å². The van der Waals surface area contributed by atoms with Crippen LogP contribution in [0.4, 0.5) is 0 Å². The van der Waals surface area contributed by atoms with Gasteiger partial charge in [-0.3, -0.25) is 0 Å². The van der Waals surface area contributed by atoms with Crippen LogP contribution in [0.1, 0.15) is 35.6 Å². The highest BCUT2D eigenvalue weighted by Crippen LogP contribution is 2.34. The third-order valence-corrected chi connectivity index (χ3v) is 5.53. The lowest BCUT2D eigenvalue weighted by Gasteiger charge is -2.23. The van der Waals surface area contributed by atoms with E-state index in [4.69, 9.17) is 4.42 Å². The fourth-order valence-corrected chi connectivity index (χ4v) is 4.08. The largest absolute Gasteiger partial charge is 0.448 e. The van der Waals surface area contributed by atoms with E-state index in [1.54, 1.807) is 0 Å². The second-order valence-corrected chi connectivity index (χ2v) is 6.77. The van der Waals surface area contributed by atoms with Crippen molar-refractivity contribution in [3.63, 3.8) is 0 Å². The van der Waals surface area contributed by atoms with Crippen LogP contribution < -0.4 is 5.32 Å². The van der Waals surface area contributed by atoms with Crippen LogP contribution in [0.3, 0.4) is 0 Å². The Hall–Kier alpha value is -0.880. The molecule has 0 saturated carbocycles. The number of nitrogens with zero attached hydrogens (tertiary/aromatic N) is 1. The average Bonchev–Trinajstić information content (AvgIpc) is 2.68. The molecule has 1 atom stereocenters. The Morgan fingerprint density at radius 3 is 2.81 bits per heavy atom. The molecule has 16 heavy (non-hydrogen) atoms. The first kappa shape index (κ1) is 10.3. The molecule has 2 fully saturated rings. The molecule has 1 aromatic rings. The van der Waals surface area contributed by atoms with E-state index in [-0.39, 0.29) is 5.75 Å². The highest BCUT2D eigenvalue weighted by atomic mass is 32.2. The Bertz CT molecular complexity index is 490. The van der Waals surface area contributed by atoms with Crippen LogP contribution in [-0.4, -0.2) is 32.2 Å². The summed E-state index contributed by atoms with van der Waals surface area (Å²) in [7, 11) is -2.98. The molecule has 2 saturated heterocycles. The lowest BCUT2D eigenvalue weighted by molar-refractivity contribution is 0.357. The monoisotopic (exact) mass is 242 g/mol. The summed E-state index contributed by atoms with van der Waals surface area (Å²) < 4.78 is 28.8. The molecule has 1 unspecified atom stereocenters. The van der Waals surface area contributed by atoms with Gasteiger partial charge in [-0.15, -0.1) is 0 Å². The molecule has 2 aliphatic rings. The Kier molecular flexibility index (Phi) is 2.29. The summed E-state index contributed by atoms with van der Waals surface area (Å²) in [5, 5.41) is 2.70. The summed E-state index contributed by atoms with van der Waals surface area (Å²) >= 11 is 0. The van der Waals surface area contributed by atoms with Crippen LogP contribution in [-0.2, 0) is 9.84 Å². The van der Waals surface area contributed by atoms with Gasteiger partial charge in [0.05, 0.1) is 17.4 Å². The minimum atomic E-state index is -2.98. The highest BCUT2D eigenvalue weighted by Gasteiger charge is 2.35.